The molecule has 0 unspecified atom stereocenters. The molecule has 0 saturated carbocycles. The maximum Gasteiger partial charge on any atom is 0.275 e. The summed E-state index contributed by atoms with van der Waals surface area (Å²) in [6.45, 7) is 13.9. The van der Waals surface area contributed by atoms with Crippen molar-refractivity contribution >= 4 is 57.5 Å². The van der Waals surface area contributed by atoms with Crippen molar-refractivity contribution in [2.24, 2.45) is 4.74 Å². The van der Waals surface area contributed by atoms with Gasteiger partial charge in [-0.05, 0) is 70.3 Å². The average molecular weight is 617 g/mol. The zero-order valence-electron chi connectivity index (χ0n) is 25.1. The van der Waals surface area contributed by atoms with E-state index in [-0.39, 0.29) is 0 Å². The molecular formula is C33H42N2O2P2Si2. The van der Waals surface area contributed by atoms with E-state index in [0.717, 1.165) is 21.2 Å². The van der Waals surface area contributed by atoms with Crippen LogP contribution in [0.3, 0.4) is 0 Å². The zero-order chi connectivity index (χ0) is 29.4. The van der Waals surface area contributed by atoms with Gasteiger partial charge in [0.05, 0.1) is 7.04 Å². The molecule has 0 fully saturated rings. The van der Waals surface area contributed by atoms with Gasteiger partial charge in [0.25, 0.3) is 7.05 Å². The smallest absolute Gasteiger partial charge is 0.275 e. The summed E-state index contributed by atoms with van der Waals surface area (Å²) >= 11 is 0. The van der Waals surface area contributed by atoms with Gasteiger partial charge >= 0.3 is 0 Å². The van der Waals surface area contributed by atoms with Crippen LogP contribution in [0.2, 0.25) is 39.3 Å². The Labute approximate surface area is 249 Å². The van der Waals surface area contributed by atoms with Crippen LogP contribution in [0, 0.1) is 0 Å². The molecular weight excluding hydrogens is 574 g/mol. The molecule has 0 aliphatic carbocycles. The maximum atomic E-state index is 6.40. The molecule has 214 valence electrons. The third-order valence-corrected chi connectivity index (χ3v) is 15.9. The van der Waals surface area contributed by atoms with Gasteiger partial charge in [0, 0.05) is 21.2 Å². The highest BCUT2D eigenvalue weighted by Gasteiger charge is 2.40. The lowest BCUT2D eigenvalue weighted by molar-refractivity contribution is 0.327. The minimum atomic E-state index is -2.64. The predicted molar refractivity (Wildman–Crippen MR) is 188 cm³/mol. The fraction of sp³-hybridized carbons (Fsp3) is 0.242. The third kappa shape index (κ3) is 8.35. The van der Waals surface area contributed by atoms with Crippen molar-refractivity contribution in [2.45, 2.75) is 39.3 Å². The van der Waals surface area contributed by atoms with Crippen LogP contribution >= 0.6 is 14.1 Å². The van der Waals surface area contributed by atoms with E-state index in [1.54, 1.807) is 0 Å². The van der Waals surface area contributed by atoms with Crippen LogP contribution in [0.5, 0.6) is 0 Å². The van der Waals surface area contributed by atoms with Crippen molar-refractivity contribution in [3.8, 4) is 0 Å². The van der Waals surface area contributed by atoms with Crippen LogP contribution < -0.4 is 21.2 Å². The molecule has 0 spiro atoms. The van der Waals surface area contributed by atoms with Gasteiger partial charge in [-0.1, -0.05) is 97.1 Å². The minimum Gasteiger partial charge on any atom is -0.563 e. The lowest BCUT2D eigenvalue weighted by atomic mass is 10.4. The van der Waals surface area contributed by atoms with Crippen molar-refractivity contribution < 1.29 is 8.85 Å². The van der Waals surface area contributed by atoms with Gasteiger partial charge in [-0.15, -0.1) is 0 Å². The molecule has 0 heterocycles. The Morgan fingerprint density at radius 1 is 0.561 bits per heavy atom. The summed E-state index contributed by atoms with van der Waals surface area (Å²) in [5, 5.41) is 10.1. The van der Waals surface area contributed by atoms with Crippen LogP contribution in [0.4, 0.5) is 0 Å². The molecule has 8 heteroatoms. The van der Waals surface area contributed by atoms with E-state index in [9.17, 15) is 0 Å². The summed E-state index contributed by atoms with van der Waals surface area (Å²) in [5.74, 6) is 0. The molecule has 0 radical (unpaired) electrons. The van der Waals surface area contributed by atoms with E-state index >= 15 is 0 Å². The average Bonchev–Trinajstić information content (AvgIpc) is 2.96. The molecule has 4 rings (SSSR count). The van der Waals surface area contributed by atoms with Crippen LogP contribution in [0.1, 0.15) is 0 Å². The summed E-state index contributed by atoms with van der Waals surface area (Å²) in [5.41, 5.74) is 4.28. The molecule has 0 aliphatic heterocycles. The standard InChI is InChI=1S/C33H42N2O2P2Si2/c1-40(2,3)36-27-34-38(30-19-11-7-12-20-30,31-21-13-8-14-22-31)29-39(32-23-15-9-16-24-32,33-25-17-10-18-26-33)35-28-37-41(4,5)6/h7-26H,27-28H2,1-6H3. The third-order valence-electron chi connectivity index (χ3n) is 6.34. The lowest BCUT2D eigenvalue weighted by Gasteiger charge is -2.35. The molecule has 0 aromatic heterocycles. The Kier molecular flexibility index (Phi) is 10.6. The van der Waals surface area contributed by atoms with Crippen LogP contribution in [0.15, 0.2) is 126 Å². The minimum absolute atomic E-state index is 0.315. The van der Waals surface area contributed by atoms with Crippen LogP contribution in [-0.4, -0.2) is 35.6 Å². The molecule has 4 nitrogen and oxygen atoms in total. The number of benzene rings is 4. The number of rotatable bonds is 12. The van der Waals surface area contributed by atoms with Crippen LogP contribution in [0.25, 0.3) is 5.09 Å². The highest BCUT2D eigenvalue weighted by molar-refractivity contribution is 8.09. The van der Waals surface area contributed by atoms with E-state index in [1.807, 2.05) is 0 Å². The van der Waals surface area contributed by atoms with E-state index in [2.05, 4.69) is 166 Å². The fourth-order valence-corrected chi connectivity index (χ4v) is 13.6. The number of nitrogens with zero attached hydrogens (tertiary/aromatic N) is 2. The summed E-state index contributed by atoms with van der Waals surface area (Å²) in [7, 11) is -8.92. The summed E-state index contributed by atoms with van der Waals surface area (Å²) < 4.78 is 18.3. The molecule has 0 amide bonds. The monoisotopic (exact) mass is 616 g/mol. The second-order valence-electron chi connectivity index (χ2n) is 11.8. The first-order valence-electron chi connectivity index (χ1n) is 14.0. The molecule has 0 bridgehead atoms. The van der Waals surface area contributed by atoms with E-state index in [0.29, 0.717) is 13.5 Å². The highest BCUT2D eigenvalue weighted by atomic mass is 31.2. The largest absolute Gasteiger partial charge is 0.563 e. The van der Waals surface area contributed by atoms with E-state index in [1.165, 1.54) is 0 Å². The topological polar surface area (TPSA) is 44.9 Å². The first-order chi connectivity index (χ1) is 19.5. The van der Waals surface area contributed by atoms with Gasteiger partial charge in [-0.25, -0.2) is 4.74 Å². The van der Waals surface area contributed by atoms with Crippen molar-refractivity contribution in [1.82, 2.24) is 0 Å². The SMILES string of the molecule is C[Si](C)(C)OCN=P([C+]=P([N-]CO[Si](C)(C)C)(c1ccccc1)c1ccccc1)(c1ccccc1)c1ccccc1. The normalized spacial score (nSPS) is 12.5. The van der Waals surface area contributed by atoms with Gasteiger partial charge < -0.3 is 13.9 Å². The van der Waals surface area contributed by atoms with E-state index in [4.69, 9.17) is 18.7 Å². The lowest BCUT2D eigenvalue weighted by Crippen LogP contribution is -2.28. The van der Waals surface area contributed by atoms with E-state index < -0.39 is 30.7 Å². The summed E-state index contributed by atoms with van der Waals surface area (Å²) in [6, 6.07) is 42.5. The van der Waals surface area contributed by atoms with Gasteiger partial charge in [-0.3, -0.25) is 0 Å². The second-order valence-corrected chi connectivity index (χ2v) is 26.8. The molecule has 0 atom stereocenters. The van der Waals surface area contributed by atoms with Crippen LogP contribution in [-0.2, 0) is 8.85 Å². The second kappa shape index (κ2) is 13.7. The number of hydrogen-bond donors (Lipinski definition) is 0. The molecule has 4 aromatic rings. The quantitative estimate of drug-likeness (QED) is 0.0919. The van der Waals surface area contributed by atoms with Gasteiger partial charge in [0.2, 0.25) is 5.54 Å². The Bertz CT molecular complexity index is 1400. The fourth-order valence-electron chi connectivity index (χ4n) is 4.32. The maximum absolute atomic E-state index is 6.40. The molecule has 0 N–H and O–H groups in total. The van der Waals surface area contributed by atoms with Gasteiger partial charge in [-0.2, -0.15) is 0 Å². The van der Waals surface area contributed by atoms with Gasteiger partial charge in [0.15, 0.2) is 16.6 Å². The van der Waals surface area contributed by atoms with Crippen molar-refractivity contribution in [3.63, 3.8) is 0 Å². The van der Waals surface area contributed by atoms with Crippen molar-refractivity contribution in [2.75, 3.05) is 13.5 Å². The summed E-state index contributed by atoms with van der Waals surface area (Å²) in [4.78, 5) is 0. The molecule has 4 aromatic carbocycles. The Morgan fingerprint density at radius 2 is 0.927 bits per heavy atom. The Morgan fingerprint density at radius 3 is 1.29 bits per heavy atom. The highest BCUT2D eigenvalue weighted by Crippen LogP contribution is 2.59. The number of hydrogen-bond acceptors (Lipinski definition) is 3. The Balaban J connectivity index is 2.14. The first kappa shape index (κ1) is 31.6. The van der Waals surface area contributed by atoms with Crippen molar-refractivity contribution in [3.05, 3.63) is 126 Å². The first-order valence-corrected chi connectivity index (χ1v) is 24.3. The predicted octanol–water partition coefficient (Wildman–Crippen LogP) is 8.05. The molecule has 0 aliphatic rings. The molecule has 41 heavy (non-hydrogen) atoms. The van der Waals surface area contributed by atoms with Crippen molar-refractivity contribution in [1.29, 1.82) is 0 Å². The zero-order valence-corrected chi connectivity index (χ0v) is 28.9. The Hall–Kier alpha value is -2.37. The molecule has 0 saturated heterocycles. The summed E-state index contributed by atoms with van der Waals surface area (Å²) in [6.07, 6.45) is 0. The van der Waals surface area contributed by atoms with Gasteiger partial charge in [0.1, 0.15) is 6.73 Å².